The highest BCUT2D eigenvalue weighted by atomic mass is 19.4. The van der Waals surface area contributed by atoms with E-state index in [1.165, 1.54) is 12.1 Å². The molecule has 23 heavy (non-hydrogen) atoms. The fourth-order valence-electron chi connectivity index (χ4n) is 2.76. The Morgan fingerprint density at radius 1 is 1.30 bits per heavy atom. The van der Waals surface area contributed by atoms with Gasteiger partial charge in [-0.05, 0) is 31.0 Å². The van der Waals surface area contributed by atoms with Gasteiger partial charge in [0.2, 0.25) is 5.91 Å². The van der Waals surface area contributed by atoms with Crippen molar-refractivity contribution in [3.63, 3.8) is 0 Å². The quantitative estimate of drug-likeness (QED) is 0.845. The molecule has 1 aliphatic heterocycles. The molecule has 2 atom stereocenters. The molecule has 0 saturated carbocycles. The van der Waals surface area contributed by atoms with Crippen molar-refractivity contribution in [1.82, 2.24) is 5.32 Å². The van der Waals surface area contributed by atoms with E-state index in [1.807, 2.05) is 0 Å². The predicted octanol–water partition coefficient (Wildman–Crippen LogP) is 3.02. The van der Waals surface area contributed by atoms with Gasteiger partial charge in [0.25, 0.3) is 0 Å². The summed E-state index contributed by atoms with van der Waals surface area (Å²) >= 11 is 0. The fraction of sp³-hybridized carbons (Fsp3) is 0.500. The maximum Gasteiger partial charge on any atom is 0.416 e. The predicted molar refractivity (Wildman–Crippen MR) is 76.6 cm³/mol. The molecule has 1 N–H and O–H groups in total. The van der Waals surface area contributed by atoms with E-state index in [4.69, 9.17) is 4.74 Å². The monoisotopic (exact) mass is 329 g/mol. The van der Waals surface area contributed by atoms with E-state index < -0.39 is 11.7 Å². The van der Waals surface area contributed by atoms with Gasteiger partial charge in [-0.3, -0.25) is 9.59 Å². The number of esters is 1. The number of amides is 1. The van der Waals surface area contributed by atoms with Gasteiger partial charge < -0.3 is 10.1 Å². The van der Waals surface area contributed by atoms with E-state index in [0.717, 1.165) is 12.1 Å². The van der Waals surface area contributed by atoms with Crippen LogP contribution in [0.2, 0.25) is 0 Å². The molecule has 1 saturated heterocycles. The van der Waals surface area contributed by atoms with Gasteiger partial charge in [-0.1, -0.05) is 12.1 Å². The molecule has 2 unspecified atom stereocenters. The summed E-state index contributed by atoms with van der Waals surface area (Å²) in [7, 11) is 0. The fourth-order valence-corrected chi connectivity index (χ4v) is 2.76. The molecule has 4 nitrogen and oxygen atoms in total. The number of rotatable bonds is 5. The minimum Gasteiger partial charge on any atom is -0.466 e. The molecule has 1 aromatic rings. The van der Waals surface area contributed by atoms with Gasteiger partial charge in [0.1, 0.15) is 0 Å². The van der Waals surface area contributed by atoms with Crippen LogP contribution in [0.15, 0.2) is 24.3 Å². The SMILES string of the molecule is CCOC(=O)CCC1NC(=O)CC1c1ccc(C(F)(F)F)cc1. The van der Waals surface area contributed by atoms with E-state index >= 15 is 0 Å². The molecule has 0 radical (unpaired) electrons. The second-order valence-electron chi connectivity index (χ2n) is 5.45. The summed E-state index contributed by atoms with van der Waals surface area (Å²) in [6, 6.07) is 4.54. The lowest BCUT2D eigenvalue weighted by Crippen LogP contribution is -2.29. The van der Waals surface area contributed by atoms with E-state index in [2.05, 4.69) is 5.32 Å². The standard InChI is InChI=1S/C16H18F3NO3/c1-2-23-15(22)8-7-13-12(9-14(21)20-13)10-3-5-11(6-4-10)16(17,18)19/h3-6,12-13H,2,7-9H2,1H3,(H,20,21). The summed E-state index contributed by atoms with van der Waals surface area (Å²) in [4.78, 5) is 23.0. The molecule has 0 aromatic heterocycles. The van der Waals surface area contributed by atoms with E-state index in [9.17, 15) is 22.8 Å². The first-order chi connectivity index (χ1) is 10.8. The molecule has 1 amide bonds. The summed E-state index contributed by atoms with van der Waals surface area (Å²) < 4.78 is 42.6. The van der Waals surface area contributed by atoms with Gasteiger partial charge in [-0.15, -0.1) is 0 Å². The van der Waals surface area contributed by atoms with Crippen molar-refractivity contribution in [2.45, 2.75) is 44.3 Å². The number of carbonyl (C=O) groups excluding carboxylic acids is 2. The molecular weight excluding hydrogens is 311 g/mol. The Bertz CT molecular complexity index is 569. The number of alkyl halides is 3. The average molecular weight is 329 g/mol. The zero-order chi connectivity index (χ0) is 17.0. The molecule has 1 fully saturated rings. The Hall–Kier alpha value is -2.05. The van der Waals surface area contributed by atoms with Gasteiger partial charge in [0, 0.05) is 24.8 Å². The lowest BCUT2D eigenvalue weighted by Gasteiger charge is -2.19. The molecular formula is C16H18F3NO3. The normalized spacial score (nSPS) is 21.1. The Balaban J connectivity index is 2.07. The summed E-state index contributed by atoms with van der Waals surface area (Å²) in [5, 5.41) is 2.78. The summed E-state index contributed by atoms with van der Waals surface area (Å²) in [5.74, 6) is -0.747. The Labute approximate surface area is 132 Å². The third-order valence-electron chi connectivity index (χ3n) is 3.87. The first kappa shape index (κ1) is 17.3. The van der Waals surface area contributed by atoms with Crippen molar-refractivity contribution in [2.24, 2.45) is 0 Å². The Morgan fingerprint density at radius 3 is 2.52 bits per heavy atom. The van der Waals surface area contributed by atoms with Crippen LogP contribution in [-0.2, 0) is 20.5 Å². The maximum atomic E-state index is 12.6. The van der Waals surface area contributed by atoms with Crippen LogP contribution in [0.5, 0.6) is 0 Å². The number of benzene rings is 1. The number of ether oxygens (including phenoxy) is 1. The lowest BCUT2D eigenvalue weighted by atomic mass is 9.89. The van der Waals surface area contributed by atoms with Gasteiger partial charge in [0.05, 0.1) is 12.2 Å². The summed E-state index contributed by atoms with van der Waals surface area (Å²) in [6.07, 6.45) is -3.61. The van der Waals surface area contributed by atoms with Crippen LogP contribution < -0.4 is 5.32 Å². The summed E-state index contributed by atoms with van der Waals surface area (Å²) in [6.45, 7) is 2.00. The van der Waals surface area contributed by atoms with Crippen LogP contribution in [0.1, 0.15) is 43.2 Å². The molecule has 7 heteroatoms. The van der Waals surface area contributed by atoms with Crippen molar-refractivity contribution in [3.8, 4) is 0 Å². The number of hydrogen-bond donors (Lipinski definition) is 1. The third-order valence-corrected chi connectivity index (χ3v) is 3.87. The smallest absolute Gasteiger partial charge is 0.416 e. The third kappa shape index (κ3) is 4.46. The number of nitrogens with one attached hydrogen (secondary N) is 1. The summed E-state index contributed by atoms with van der Waals surface area (Å²) in [5.41, 5.74) is -0.0631. The van der Waals surface area contributed by atoms with Crippen LogP contribution in [0, 0.1) is 0 Å². The minimum atomic E-state index is -4.38. The van der Waals surface area contributed by atoms with Crippen molar-refractivity contribution >= 4 is 11.9 Å². The lowest BCUT2D eigenvalue weighted by molar-refractivity contribution is -0.143. The number of halogens is 3. The highest BCUT2D eigenvalue weighted by molar-refractivity contribution is 5.80. The van der Waals surface area contributed by atoms with Crippen LogP contribution in [0.3, 0.4) is 0 Å². The molecule has 1 aliphatic rings. The highest BCUT2D eigenvalue weighted by Gasteiger charge is 2.35. The maximum absolute atomic E-state index is 12.6. The number of carbonyl (C=O) groups is 2. The van der Waals surface area contributed by atoms with Crippen molar-refractivity contribution in [2.75, 3.05) is 6.61 Å². The van der Waals surface area contributed by atoms with Crippen molar-refractivity contribution in [1.29, 1.82) is 0 Å². The zero-order valence-corrected chi connectivity index (χ0v) is 12.7. The van der Waals surface area contributed by atoms with Crippen molar-refractivity contribution in [3.05, 3.63) is 35.4 Å². The van der Waals surface area contributed by atoms with Crippen LogP contribution >= 0.6 is 0 Å². The van der Waals surface area contributed by atoms with Crippen LogP contribution in [0.25, 0.3) is 0 Å². The Morgan fingerprint density at radius 2 is 1.96 bits per heavy atom. The van der Waals surface area contributed by atoms with Gasteiger partial charge in [-0.25, -0.2) is 0 Å². The number of hydrogen-bond acceptors (Lipinski definition) is 3. The minimum absolute atomic E-state index is 0.163. The van der Waals surface area contributed by atoms with Gasteiger partial charge in [0.15, 0.2) is 0 Å². The van der Waals surface area contributed by atoms with Crippen LogP contribution in [0.4, 0.5) is 13.2 Å². The second kappa shape index (κ2) is 7.02. The van der Waals surface area contributed by atoms with Crippen LogP contribution in [-0.4, -0.2) is 24.5 Å². The second-order valence-corrected chi connectivity index (χ2v) is 5.45. The zero-order valence-electron chi connectivity index (χ0n) is 12.7. The average Bonchev–Trinajstić information content (AvgIpc) is 2.86. The molecule has 0 aliphatic carbocycles. The van der Waals surface area contributed by atoms with Gasteiger partial charge >= 0.3 is 12.1 Å². The van der Waals surface area contributed by atoms with Gasteiger partial charge in [-0.2, -0.15) is 13.2 Å². The first-order valence-corrected chi connectivity index (χ1v) is 7.43. The molecule has 2 rings (SSSR count). The molecule has 0 spiro atoms. The van der Waals surface area contributed by atoms with E-state index in [-0.39, 0.29) is 43.3 Å². The van der Waals surface area contributed by atoms with E-state index in [1.54, 1.807) is 6.92 Å². The van der Waals surface area contributed by atoms with Crippen molar-refractivity contribution < 1.29 is 27.5 Å². The molecule has 1 aromatic carbocycles. The Kier molecular flexibility index (Phi) is 5.28. The highest BCUT2D eigenvalue weighted by Crippen LogP contribution is 2.34. The van der Waals surface area contributed by atoms with E-state index in [0.29, 0.717) is 12.0 Å². The largest absolute Gasteiger partial charge is 0.466 e. The molecule has 0 bridgehead atoms. The molecule has 126 valence electrons. The molecule has 1 heterocycles. The first-order valence-electron chi connectivity index (χ1n) is 7.43. The topological polar surface area (TPSA) is 55.4 Å².